The van der Waals surface area contributed by atoms with E-state index in [0.29, 0.717) is 55.7 Å². The van der Waals surface area contributed by atoms with Crippen molar-refractivity contribution in [1.82, 2.24) is 23.5 Å². The van der Waals surface area contributed by atoms with Gasteiger partial charge in [-0.05, 0) is 41.8 Å². The van der Waals surface area contributed by atoms with Gasteiger partial charge in [-0.1, -0.05) is 72.3 Å². The lowest BCUT2D eigenvalue weighted by atomic mass is 9.53. The third-order valence-electron chi connectivity index (χ3n) is 12.3. The van der Waals surface area contributed by atoms with Gasteiger partial charge in [0.2, 0.25) is 11.8 Å². The number of aliphatic hydroxyl groups is 1. The van der Waals surface area contributed by atoms with Crippen molar-refractivity contribution in [2.75, 3.05) is 32.3 Å². The van der Waals surface area contributed by atoms with Gasteiger partial charge >= 0.3 is 11.4 Å². The normalized spacial score (nSPS) is 20.6. The molecule has 1 aliphatic carbocycles. The second-order valence-electron chi connectivity index (χ2n) is 15.3. The van der Waals surface area contributed by atoms with Crippen LogP contribution >= 0.6 is 11.6 Å². The maximum absolute atomic E-state index is 15.5. The molecule has 312 valence electrons. The fourth-order valence-corrected chi connectivity index (χ4v) is 9.87. The van der Waals surface area contributed by atoms with Gasteiger partial charge in [-0.15, -0.1) is 0 Å². The number of methoxy groups -OCH3 is 2. The van der Waals surface area contributed by atoms with E-state index in [1.807, 2.05) is 48.5 Å². The average molecular weight is 845 g/mol. The highest BCUT2D eigenvalue weighted by molar-refractivity contribution is 6.32. The SMILES string of the molecule is COc1cc2nc(CCn3c(=O)n4n(c3=O)C3CC5C(=O)N(c6cccc(Cl)c6)C(=O)C5(c5ccccc5)C(c5ccccc5OCCO)C3=CC4)c(=O)n(C)c2cc1OC. The van der Waals surface area contributed by atoms with Crippen molar-refractivity contribution in [3.8, 4) is 17.2 Å². The topological polar surface area (TPSA) is 169 Å². The zero-order chi connectivity index (χ0) is 42.7. The fraction of sp³-hybridized carbons (Fsp3) is 0.289. The van der Waals surface area contributed by atoms with Crippen LogP contribution < -0.4 is 36.0 Å². The van der Waals surface area contributed by atoms with Crippen LogP contribution in [0.4, 0.5) is 5.69 Å². The summed E-state index contributed by atoms with van der Waals surface area (Å²) < 4.78 is 22.2. The second kappa shape index (κ2) is 15.4. The van der Waals surface area contributed by atoms with E-state index in [1.165, 1.54) is 33.1 Å². The Kier molecular flexibility index (Phi) is 10.0. The average Bonchev–Trinajstić information content (AvgIpc) is 3.66. The molecule has 1 saturated heterocycles. The molecule has 16 heteroatoms. The fourth-order valence-electron chi connectivity index (χ4n) is 9.69. The smallest absolute Gasteiger partial charge is 0.347 e. The summed E-state index contributed by atoms with van der Waals surface area (Å²) in [6.45, 7) is -0.480. The number of fused-ring (bicyclic) bond motifs is 5. The van der Waals surface area contributed by atoms with E-state index >= 15 is 9.59 Å². The van der Waals surface area contributed by atoms with Crippen molar-refractivity contribution in [2.24, 2.45) is 13.0 Å². The number of amides is 2. The van der Waals surface area contributed by atoms with Crippen molar-refractivity contribution >= 4 is 40.1 Å². The number of imide groups is 1. The summed E-state index contributed by atoms with van der Waals surface area (Å²) in [4.78, 5) is 78.9. The maximum atomic E-state index is 15.5. The third-order valence-corrected chi connectivity index (χ3v) is 12.5. The van der Waals surface area contributed by atoms with E-state index in [2.05, 4.69) is 4.98 Å². The first-order chi connectivity index (χ1) is 29.5. The van der Waals surface area contributed by atoms with Crippen LogP contribution in [0, 0.1) is 5.92 Å². The molecule has 4 unspecified atom stereocenters. The highest BCUT2D eigenvalue weighted by Crippen LogP contribution is 2.63. The number of halogens is 1. The first-order valence-electron chi connectivity index (χ1n) is 19.8. The number of para-hydroxylation sites is 1. The van der Waals surface area contributed by atoms with Gasteiger partial charge in [0.1, 0.15) is 18.1 Å². The van der Waals surface area contributed by atoms with Crippen molar-refractivity contribution in [3.63, 3.8) is 0 Å². The van der Waals surface area contributed by atoms with Crippen molar-refractivity contribution in [2.45, 2.75) is 43.3 Å². The van der Waals surface area contributed by atoms with Gasteiger partial charge in [0.25, 0.3) is 5.56 Å². The van der Waals surface area contributed by atoms with Crippen LogP contribution in [0.2, 0.25) is 5.02 Å². The summed E-state index contributed by atoms with van der Waals surface area (Å²) in [5, 5.41) is 10.1. The third kappa shape index (κ3) is 6.04. The number of benzene rings is 4. The number of carbonyl (C=O) groups is 2. The Morgan fingerprint density at radius 1 is 0.869 bits per heavy atom. The Hall–Kier alpha value is -6.71. The number of rotatable bonds is 11. The molecule has 2 fully saturated rings. The molecule has 1 N–H and O–H groups in total. The molecule has 0 radical (unpaired) electrons. The molecule has 61 heavy (non-hydrogen) atoms. The number of allylic oxidation sites excluding steroid dienone is 2. The Morgan fingerprint density at radius 2 is 1.61 bits per heavy atom. The molecular weight excluding hydrogens is 804 g/mol. The molecular formula is C45H41ClN6O9. The minimum Gasteiger partial charge on any atom is -0.493 e. The standard InChI is InChI=1S/C45H41ClN6O9/c1-48-35-25-38(60-3)37(59-2)24-33(35)47-32(41(48)55)17-18-49-43(57)50-19-16-29-34(52(50)44(49)58)23-31-40(54)51(28-13-9-12-27(46)22-28)42(56)45(31,26-10-5-4-6-11-26)39(29)30-14-7-8-15-36(30)61-21-20-53/h4-16,22,24-25,31,34,39,53H,17-21,23H2,1-3H3. The van der Waals surface area contributed by atoms with E-state index < -0.39 is 52.0 Å². The Morgan fingerprint density at radius 3 is 2.34 bits per heavy atom. The van der Waals surface area contributed by atoms with E-state index in [9.17, 15) is 19.5 Å². The molecule has 4 aromatic carbocycles. The highest BCUT2D eigenvalue weighted by atomic mass is 35.5. The second-order valence-corrected chi connectivity index (χ2v) is 15.7. The lowest BCUT2D eigenvalue weighted by molar-refractivity contribution is -0.124. The number of nitrogens with zero attached hydrogens (tertiary/aromatic N) is 6. The highest BCUT2D eigenvalue weighted by Gasteiger charge is 2.69. The number of hydrogen-bond donors (Lipinski definition) is 1. The largest absolute Gasteiger partial charge is 0.493 e. The summed E-state index contributed by atoms with van der Waals surface area (Å²) in [6, 6.07) is 25.4. The van der Waals surface area contributed by atoms with E-state index in [-0.39, 0.29) is 44.8 Å². The van der Waals surface area contributed by atoms with Gasteiger partial charge in [-0.2, -0.15) is 0 Å². The molecule has 9 rings (SSSR count). The van der Waals surface area contributed by atoms with E-state index in [4.69, 9.17) is 25.8 Å². The van der Waals surface area contributed by atoms with Crippen molar-refractivity contribution < 1.29 is 28.9 Å². The predicted molar refractivity (Wildman–Crippen MR) is 226 cm³/mol. The van der Waals surface area contributed by atoms with Gasteiger partial charge in [0.05, 0.1) is 61.5 Å². The van der Waals surface area contributed by atoms with Crippen LogP contribution in [-0.4, -0.2) is 67.8 Å². The number of hydrogen-bond acceptors (Lipinski definition) is 10. The zero-order valence-corrected chi connectivity index (χ0v) is 34.2. The molecule has 4 atom stereocenters. The predicted octanol–water partition coefficient (Wildman–Crippen LogP) is 4.14. The minimum absolute atomic E-state index is 0.0000406. The summed E-state index contributed by atoms with van der Waals surface area (Å²) in [5.41, 5.74) is 0.0782. The Balaban J connectivity index is 1.19. The molecule has 3 aliphatic rings. The van der Waals surface area contributed by atoms with Crippen LogP contribution in [0.3, 0.4) is 0 Å². The lowest BCUT2D eigenvalue weighted by Crippen LogP contribution is -2.53. The molecule has 6 aromatic rings. The van der Waals surface area contributed by atoms with Gasteiger partial charge in [0, 0.05) is 48.6 Å². The zero-order valence-electron chi connectivity index (χ0n) is 33.5. The van der Waals surface area contributed by atoms with E-state index in [1.54, 1.807) is 55.6 Å². The minimum atomic E-state index is -1.54. The van der Waals surface area contributed by atoms with Gasteiger partial charge in [0.15, 0.2) is 11.5 Å². The summed E-state index contributed by atoms with van der Waals surface area (Å²) in [6.07, 6.45) is 1.83. The molecule has 1 saturated carbocycles. The molecule has 0 bridgehead atoms. The molecule has 4 heterocycles. The van der Waals surface area contributed by atoms with Gasteiger partial charge < -0.3 is 23.9 Å². The number of aromatic nitrogens is 5. The van der Waals surface area contributed by atoms with Crippen LogP contribution in [0.25, 0.3) is 11.0 Å². The molecule has 2 aliphatic heterocycles. The Labute approximate surface area is 353 Å². The molecule has 15 nitrogen and oxygen atoms in total. The van der Waals surface area contributed by atoms with E-state index in [0.717, 1.165) is 4.57 Å². The number of carbonyl (C=O) groups excluding carboxylic acids is 2. The first kappa shape index (κ1) is 39.7. The number of aryl methyl sites for hydroxylation is 2. The van der Waals surface area contributed by atoms with Crippen LogP contribution in [-0.2, 0) is 41.6 Å². The van der Waals surface area contributed by atoms with Gasteiger partial charge in [-0.25, -0.2) is 33.4 Å². The van der Waals surface area contributed by atoms with Crippen molar-refractivity contribution in [3.05, 3.63) is 156 Å². The molecule has 0 spiro atoms. The molecule has 2 aromatic heterocycles. The summed E-state index contributed by atoms with van der Waals surface area (Å²) >= 11 is 6.44. The summed E-state index contributed by atoms with van der Waals surface area (Å²) in [5.74, 6) is -1.61. The molecule has 2 amide bonds. The quantitative estimate of drug-likeness (QED) is 0.148. The Bertz CT molecular complexity index is 2970. The van der Waals surface area contributed by atoms with Crippen molar-refractivity contribution in [1.29, 1.82) is 0 Å². The van der Waals surface area contributed by atoms with Crippen LogP contribution in [0.1, 0.15) is 35.2 Å². The number of anilines is 1. The maximum Gasteiger partial charge on any atom is 0.347 e. The van der Waals surface area contributed by atoms with Gasteiger partial charge in [-0.3, -0.25) is 14.4 Å². The van der Waals surface area contributed by atoms with Crippen LogP contribution in [0.5, 0.6) is 17.2 Å². The number of ether oxygens (including phenoxy) is 3. The monoisotopic (exact) mass is 844 g/mol. The first-order valence-corrected chi connectivity index (χ1v) is 20.2. The number of aliphatic hydroxyl groups excluding tert-OH is 1. The van der Waals surface area contributed by atoms with Crippen LogP contribution in [0.15, 0.2) is 117 Å². The summed E-state index contributed by atoms with van der Waals surface area (Å²) in [7, 11) is 4.60. The lowest BCUT2D eigenvalue weighted by Gasteiger charge is -2.49.